The third-order valence-corrected chi connectivity index (χ3v) is 2.03. The van der Waals surface area contributed by atoms with Gasteiger partial charge in [0.1, 0.15) is 5.82 Å². The van der Waals surface area contributed by atoms with Gasteiger partial charge in [-0.3, -0.25) is 4.79 Å². The van der Waals surface area contributed by atoms with Gasteiger partial charge in [-0.15, -0.1) is 0 Å². The van der Waals surface area contributed by atoms with E-state index in [-0.39, 0.29) is 5.69 Å². The largest absolute Gasteiger partial charge is 0.361 e. The third-order valence-electron chi connectivity index (χ3n) is 2.03. The topological polar surface area (TPSA) is 37.2 Å². The van der Waals surface area contributed by atoms with Crippen molar-refractivity contribution in [2.24, 2.45) is 0 Å². The first-order valence-electron chi connectivity index (χ1n) is 3.89. The van der Waals surface area contributed by atoms with Crippen LogP contribution in [0, 0.1) is 12.4 Å². The molecule has 1 aromatic heterocycles. The molecule has 1 N–H and O–H groups in total. The van der Waals surface area contributed by atoms with Gasteiger partial charge in [-0.1, -0.05) is 0 Å². The normalized spacial score (nSPS) is 10.0. The molecule has 0 unspecified atom stereocenters. The van der Waals surface area contributed by atoms with E-state index in [4.69, 9.17) is 6.57 Å². The second-order valence-electron chi connectivity index (χ2n) is 2.82. The van der Waals surface area contributed by atoms with E-state index in [1.807, 2.05) is 0 Å². The fraction of sp³-hybridized carbons (Fsp3) is 0. The monoisotopic (exact) mass is 188 g/mol. The van der Waals surface area contributed by atoms with Gasteiger partial charge in [0.2, 0.25) is 5.69 Å². The van der Waals surface area contributed by atoms with E-state index in [0.717, 1.165) is 0 Å². The maximum absolute atomic E-state index is 13.2. The Labute approximate surface area is 79.0 Å². The molecule has 2 aromatic rings. The Morgan fingerprint density at radius 1 is 1.50 bits per heavy atom. The summed E-state index contributed by atoms with van der Waals surface area (Å²) in [6, 6.07) is 2.59. The number of aldehydes is 1. The average Bonchev–Trinajstić information content (AvgIpc) is 2.58. The van der Waals surface area contributed by atoms with Crippen LogP contribution in [0.25, 0.3) is 15.7 Å². The molecular weight excluding hydrogens is 183 g/mol. The number of carbonyl (C=O) groups is 1. The standard InChI is InChI=1S/C10H5FN2O/c1-12-10-3-9-7(2-8(10)11)6(5-14)4-13-9/h2-5,13H. The summed E-state index contributed by atoms with van der Waals surface area (Å²) in [5.74, 6) is -0.602. The number of H-pyrrole nitrogens is 1. The van der Waals surface area contributed by atoms with Crippen molar-refractivity contribution < 1.29 is 9.18 Å². The van der Waals surface area contributed by atoms with Crippen LogP contribution in [-0.4, -0.2) is 11.3 Å². The second-order valence-corrected chi connectivity index (χ2v) is 2.82. The summed E-state index contributed by atoms with van der Waals surface area (Å²) in [5.41, 5.74) is 0.951. The van der Waals surface area contributed by atoms with Gasteiger partial charge in [0.05, 0.1) is 6.57 Å². The Balaban J connectivity index is 2.83. The number of carbonyl (C=O) groups excluding carboxylic acids is 1. The molecule has 0 aliphatic rings. The van der Waals surface area contributed by atoms with Crippen LogP contribution in [0.5, 0.6) is 0 Å². The van der Waals surface area contributed by atoms with E-state index < -0.39 is 5.82 Å². The van der Waals surface area contributed by atoms with E-state index in [9.17, 15) is 9.18 Å². The summed E-state index contributed by atoms with van der Waals surface area (Å²) in [5, 5.41) is 0.505. The van der Waals surface area contributed by atoms with Gasteiger partial charge in [-0.25, -0.2) is 9.24 Å². The Morgan fingerprint density at radius 3 is 2.93 bits per heavy atom. The summed E-state index contributed by atoms with van der Waals surface area (Å²) >= 11 is 0. The average molecular weight is 188 g/mol. The van der Waals surface area contributed by atoms with Crippen molar-refractivity contribution in [1.29, 1.82) is 0 Å². The van der Waals surface area contributed by atoms with Gasteiger partial charge < -0.3 is 4.98 Å². The molecule has 0 atom stereocenters. The highest BCUT2D eigenvalue weighted by molar-refractivity contribution is 5.98. The summed E-state index contributed by atoms with van der Waals surface area (Å²) in [4.78, 5) is 16.4. The maximum atomic E-state index is 13.2. The summed E-state index contributed by atoms with van der Waals surface area (Å²) < 4.78 is 13.2. The molecule has 0 spiro atoms. The van der Waals surface area contributed by atoms with Gasteiger partial charge in [-0.2, -0.15) is 0 Å². The number of halogens is 1. The maximum Gasteiger partial charge on any atom is 0.224 e. The van der Waals surface area contributed by atoms with Gasteiger partial charge in [0, 0.05) is 22.7 Å². The fourth-order valence-corrected chi connectivity index (χ4v) is 1.34. The molecule has 0 saturated heterocycles. The first-order chi connectivity index (χ1) is 6.76. The number of nitrogens with one attached hydrogen (secondary N) is 1. The van der Waals surface area contributed by atoms with Gasteiger partial charge in [-0.05, 0) is 12.1 Å². The molecule has 2 rings (SSSR count). The molecular formula is C10H5FN2O. The smallest absolute Gasteiger partial charge is 0.224 e. The number of nitrogens with zero attached hydrogens (tertiary/aromatic N) is 1. The molecule has 0 fully saturated rings. The summed E-state index contributed by atoms with van der Waals surface area (Å²) in [6.45, 7) is 6.71. The predicted octanol–water partition coefficient (Wildman–Crippen LogP) is 2.67. The minimum absolute atomic E-state index is 0.0446. The van der Waals surface area contributed by atoms with Crippen molar-refractivity contribution in [3.63, 3.8) is 0 Å². The van der Waals surface area contributed by atoms with Crippen LogP contribution in [-0.2, 0) is 0 Å². The second kappa shape index (κ2) is 2.96. The quantitative estimate of drug-likeness (QED) is 0.542. The molecule has 4 heteroatoms. The highest BCUT2D eigenvalue weighted by Crippen LogP contribution is 2.26. The van der Waals surface area contributed by atoms with E-state index in [2.05, 4.69) is 9.83 Å². The van der Waals surface area contributed by atoms with Crippen LogP contribution in [0.3, 0.4) is 0 Å². The van der Waals surface area contributed by atoms with Gasteiger partial charge in [0.15, 0.2) is 6.29 Å². The lowest BCUT2D eigenvalue weighted by atomic mass is 10.1. The zero-order chi connectivity index (χ0) is 10.1. The molecule has 0 amide bonds. The number of hydrogen-bond acceptors (Lipinski definition) is 1. The highest BCUT2D eigenvalue weighted by atomic mass is 19.1. The lowest BCUT2D eigenvalue weighted by Gasteiger charge is -1.94. The zero-order valence-electron chi connectivity index (χ0n) is 7.04. The van der Waals surface area contributed by atoms with E-state index >= 15 is 0 Å². The van der Waals surface area contributed by atoms with Crippen LogP contribution in [0.4, 0.5) is 10.1 Å². The third kappa shape index (κ3) is 1.07. The lowest BCUT2D eigenvalue weighted by molar-refractivity contribution is 0.112. The van der Waals surface area contributed by atoms with Crippen molar-refractivity contribution in [2.45, 2.75) is 0 Å². The van der Waals surface area contributed by atoms with Gasteiger partial charge in [0.25, 0.3) is 0 Å². The van der Waals surface area contributed by atoms with Crippen LogP contribution < -0.4 is 0 Å². The Morgan fingerprint density at radius 2 is 2.29 bits per heavy atom. The lowest BCUT2D eigenvalue weighted by Crippen LogP contribution is -1.78. The first-order valence-corrected chi connectivity index (χ1v) is 3.89. The number of rotatable bonds is 1. The predicted molar refractivity (Wildman–Crippen MR) is 49.9 cm³/mol. The van der Waals surface area contributed by atoms with Crippen molar-refractivity contribution in [3.8, 4) is 0 Å². The molecule has 14 heavy (non-hydrogen) atoms. The number of hydrogen-bond donors (Lipinski definition) is 1. The fourth-order valence-electron chi connectivity index (χ4n) is 1.34. The summed E-state index contributed by atoms with van der Waals surface area (Å²) in [6.07, 6.45) is 2.14. The van der Waals surface area contributed by atoms with Crippen LogP contribution in [0.2, 0.25) is 0 Å². The zero-order valence-corrected chi connectivity index (χ0v) is 7.04. The molecule has 0 aliphatic carbocycles. The molecule has 3 nitrogen and oxygen atoms in total. The SMILES string of the molecule is [C-]#[N+]c1cc2[nH]cc(C=O)c2cc1F. The Hall–Kier alpha value is -2.15. The number of benzene rings is 1. The molecule has 0 aliphatic heterocycles. The van der Waals surface area contributed by atoms with Crippen LogP contribution >= 0.6 is 0 Å². The molecule has 0 radical (unpaired) electrons. The summed E-state index contributed by atoms with van der Waals surface area (Å²) in [7, 11) is 0. The number of aromatic nitrogens is 1. The molecule has 68 valence electrons. The van der Waals surface area contributed by atoms with Crippen LogP contribution in [0.1, 0.15) is 10.4 Å². The van der Waals surface area contributed by atoms with Crippen LogP contribution in [0.15, 0.2) is 18.3 Å². The van der Waals surface area contributed by atoms with Gasteiger partial charge >= 0.3 is 0 Å². The van der Waals surface area contributed by atoms with E-state index in [1.165, 1.54) is 18.3 Å². The highest BCUT2D eigenvalue weighted by Gasteiger charge is 2.08. The molecule has 0 saturated carbocycles. The van der Waals surface area contributed by atoms with Crippen molar-refractivity contribution in [1.82, 2.24) is 4.98 Å². The van der Waals surface area contributed by atoms with E-state index in [1.54, 1.807) is 0 Å². The van der Waals surface area contributed by atoms with Crippen molar-refractivity contribution in [2.75, 3.05) is 0 Å². The number of fused-ring (bicyclic) bond motifs is 1. The molecule has 1 aromatic carbocycles. The number of aromatic amines is 1. The molecule has 1 heterocycles. The van der Waals surface area contributed by atoms with E-state index in [0.29, 0.717) is 22.8 Å². The first kappa shape index (κ1) is 8.45. The Bertz CT molecular complexity index is 551. The van der Waals surface area contributed by atoms with Crippen molar-refractivity contribution in [3.05, 3.63) is 41.1 Å². The minimum Gasteiger partial charge on any atom is -0.361 e. The Kier molecular flexibility index (Phi) is 1.79. The molecule has 0 bridgehead atoms. The minimum atomic E-state index is -0.602. The van der Waals surface area contributed by atoms with Crippen molar-refractivity contribution >= 4 is 22.9 Å².